The molecular weight excluding hydrogens is 386 g/mol. The second kappa shape index (κ2) is 8.75. The maximum atomic E-state index is 10.7. The first kappa shape index (κ1) is 20.8. The average molecular weight is 414 g/mol. The lowest BCUT2D eigenvalue weighted by atomic mass is 9.94. The number of allylic oxidation sites excluding steroid dienone is 2. The van der Waals surface area contributed by atoms with Crippen LogP contribution in [0.15, 0.2) is 66.5 Å². The molecule has 1 N–H and O–H groups in total. The largest absolute Gasteiger partial charge is 0.383 e. The summed E-state index contributed by atoms with van der Waals surface area (Å²) in [6.07, 6.45) is 6.57. The van der Waals surface area contributed by atoms with Gasteiger partial charge in [-0.15, -0.1) is 5.10 Å². The van der Waals surface area contributed by atoms with Crippen molar-refractivity contribution < 1.29 is 5.11 Å². The number of hydrogen-bond donors (Lipinski definition) is 1. The Hall–Kier alpha value is -3.43. The lowest BCUT2D eigenvalue weighted by Gasteiger charge is -2.30. The monoisotopic (exact) mass is 413 g/mol. The van der Waals surface area contributed by atoms with Crippen molar-refractivity contribution in [2.75, 3.05) is 4.90 Å². The molecule has 6 nitrogen and oxygen atoms in total. The van der Waals surface area contributed by atoms with E-state index in [-0.39, 0.29) is 0 Å². The van der Waals surface area contributed by atoms with Gasteiger partial charge in [0.25, 0.3) is 0 Å². The molecule has 1 aromatic heterocycles. The van der Waals surface area contributed by atoms with E-state index in [2.05, 4.69) is 34.6 Å². The van der Waals surface area contributed by atoms with E-state index in [9.17, 15) is 10.4 Å². The van der Waals surface area contributed by atoms with E-state index in [0.717, 1.165) is 29.8 Å². The Labute approximate surface area is 183 Å². The smallest absolute Gasteiger partial charge is 0.121 e. The van der Waals surface area contributed by atoms with Crippen LogP contribution in [0.2, 0.25) is 0 Å². The van der Waals surface area contributed by atoms with Gasteiger partial charge >= 0.3 is 0 Å². The van der Waals surface area contributed by atoms with Crippen molar-refractivity contribution in [2.45, 2.75) is 51.7 Å². The minimum Gasteiger partial charge on any atom is -0.383 e. The summed E-state index contributed by atoms with van der Waals surface area (Å²) in [7, 11) is 0. The van der Waals surface area contributed by atoms with Crippen LogP contribution in [-0.2, 0) is 25.0 Å². The van der Waals surface area contributed by atoms with E-state index in [0.29, 0.717) is 30.8 Å². The summed E-state index contributed by atoms with van der Waals surface area (Å²) in [4.78, 5) is 2.03. The van der Waals surface area contributed by atoms with Gasteiger partial charge in [-0.3, -0.25) is 4.68 Å². The molecule has 0 amide bonds. The second-order valence-electron chi connectivity index (χ2n) is 7.89. The van der Waals surface area contributed by atoms with Gasteiger partial charge in [-0.25, -0.2) is 0 Å². The summed E-state index contributed by atoms with van der Waals surface area (Å²) in [5.74, 6) is 0. The van der Waals surface area contributed by atoms with Crippen molar-refractivity contribution in [3.05, 3.63) is 83.3 Å². The van der Waals surface area contributed by atoms with Crippen LogP contribution >= 0.6 is 0 Å². The first-order valence-corrected chi connectivity index (χ1v) is 10.8. The molecule has 3 aromatic rings. The molecule has 0 saturated carbocycles. The first-order chi connectivity index (χ1) is 15.1. The summed E-state index contributed by atoms with van der Waals surface area (Å²) < 4.78 is 1.79. The third-order valence-electron chi connectivity index (χ3n) is 6.09. The molecule has 31 heavy (non-hydrogen) atoms. The molecule has 2 aromatic carbocycles. The van der Waals surface area contributed by atoms with E-state index in [1.54, 1.807) is 4.68 Å². The molecule has 4 rings (SSSR count). The van der Waals surface area contributed by atoms with Gasteiger partial charge in [-0.05, 0) is 61.1 Å². The number of nitrogens with zero attached hydrogens (tertiary/aromatic N) is 5. The molecule has 158 valence electrons. The summed E-state index contributed by atoms with van der Waals surface area (Å²) in [5.41, 5.74) is 4.75. The molecule has 0 saturated heterocycles. The fourth-order valence-corrected chi connectivity index (χ4v) is 4.00. The maximum Gasteiger partial charge on any atom is 0.121 e. The highest BCUT2D eigenvalue weighted by molar-refractivity contribution is 5.75. The predicted molar refractivity (Wildman–Crippen MR) is 121 cm³/mol. The molecule has 0 spiro atoms. The fraction of sp³-hybridized carbons (Fsp3) is 0.320. The van der Waals surface area contributed by atoms with Gasteiger partial charge in [-0.1, -0.05) is 49.4 Å². The molecule has 0 unspecified atom stereocenters. The molecular formula is C25H27N5O. The third-order valence-corrected chi connectivity index (χ3v) is 6.09. The Bertz CT molecular complexity index is 1120. The van der Waals surface area contributed by atoms with Gasteiger partial charge in [0, 0.05) is 12.2 Å². The van der Waals surface area contributed by atoms with Crippen LogP contribution in [-0.4, -0.2) is 20.1 Å². The van der Waals surface area contributed by atoms with Gasteiger partial charge in [0.1, 0.15) is 23.1 Å². The Morgan fingerprint density at radius 3 is 2.61 bits per heavy atom. The predicted octanol–water partition coefficient (Wildman–Crippen LogP) is 4.63. The molecule has 1 aliphatic heterocycles. The molecule has 6 heteroatoms. The number of benzene rings is 2. The highest BCUT2D eigenvalue weighted by Crippen LogP contribution is 2.37. The number of fused-ring (bicyclic) bond motifs is 1. The number of aromatic nitrogens is 3. The second-order valence-corrected chi connectivity index (χ2v) is 7.89. The number of hydrogen-bond acceptors (Lipinski definition) is 5. The number of para-hydroxylation sites is 1. The van der Waals surface area contributed by atoms with E-state index >= 15 is 0 Å². The summed E-state index contributed by atoms with van der Waals surface area (Å²) in [5, 5.41) is 28.8. The molecule has 0 atom stereocenters. The highest BCUT2D eigenvalue weighted by Gasteiger charge is 2.28. The third kappa shape index (κ3) is 4.10. The van der Waals surface area contributed by atoms with Gasteiger partial charge in [0.2, 0.25) is 0 Å². The number of aliphatic hydroxyl groups is 1. The zero-order valence-corrected chi connectivity index (χ0v) is 18.0. The van der Waals surface area contributed by atoms with Gasteiger partial charge < -0.3 is 10.0 Å². The lowest BCUT2D eigenvalue weighted by Crippen LogP contribution is -2.24. The van der Waals surface area contributed by atoms with E-state index in [1.807, 2.05) is 61.4 Å². The first-order valence-electron chi connectivity index (χ1n) is 10.8. The molecule has 0 bridgehead atoms. The minimum absolute atomic E-state index is 0.608. The lowest BCUT2D eigenvalue weighted by molar-refractivity contribution is 0.0239. The van der Waals surface area contributed by atoms with Crippen molar-refractivity contribution in [3.63, 3.8) is 0 Å². The molecule has 2 heterocycles. The van der Waals surface area contributed by atoms with Crippen molar-refractivity contribution in [1.82, 2.24) is 15.0 Å². The van der Waals surface area contributed by atoms with Crippen LogP contribution in [0.3, 0.4) is 0 Å². The number of rotatable bonds is 7. The summed E-state index contributed by atoms with van der Waals surface area (Å²) in [6, 6.07) is 18.8. The average Bonchev–Trinajstić information content (AvgIpc) is 3.31. The van der Waals surface area contributed by atoms with Crippen LogP contribution in [0.4, 0.5) is 11.4 Å². The van der Waals surface area contributed by atoms with Crippen LogP contribution in [0.25, 0.3) is 0 Å². The fourth-order valence-electron chi connectivity index (χ4n) is 4.00. The van der Waals surface area contributed by atoms with E-state index in [4.69, 9.17) is 0 Å². The minimum atomic E-state index is -0.916. The van der Waals surface area contributed by atoms with Crippen molar-refractivity contribution in [1.29, 1.82) is 5.26 Å². The Balaban J connectivity index is 1.57. The Kier molecular flexibility index (Phi) is 5.88. The topological polar surface area (TPSA) is 78.0 Å². The Morgan fingerprint density at radius 1 is 1.13 bits per heavy atom. The van der Waals surface area contributed by atoms with E-state index in [1.165, 1.54) is 5.56 Å². The zero-order valence-electron chi connectivity index (χ0n) is 18.0. The number of nitriles is 1. The van der Waals surface area contributed by atoms with Crippen molar-refractivity contribution in [2.24, 2.45) is 0 Å². The van der Waals surface area contributed by atoms with E-state index < -0.39 is 5.60 Å². The highest BCUT2D eigenvalue weighted by atomic mass is 16.3. The van der Waals surface area contributed by atoms with Crippen LogP contribution < -0.4 is 4.90 Å². The SMILES string of the molecule is CCC(O)(CC)c1cn(CCc2ccc3c(c2)N(c2ccccc2)C(C#N)=CC3)nn1. The summed E-state index contributed by atoms with van der Waals surface area (Å²) in [6.45, 7) is 4.58. The van der Waals surface area contributed by atoms with Gasteiger partial charge in [0.15, 0.2) is 0 Å². The van der Waals surface area contributed by atoms with Gasteiger partial charge in [0.05, 0.1) is 11.9 Å². The number of anilines is 2. The molecule has 0 aliphatic carbocycles. The van der Waals surface area contributed by atoms with Crippen LogP contribution in [0, 0.1) is 11.3 Å². The van der Waals surface area contributed by atoms with Crippen LogP contribution in [0.1, 0.15) is 43.5 Å². The molecule has 0 fully saturated rings. The van der Waals surface area contributed by atoms with Crippen molar-refractivity contribution >= 4 is 11.4 Å². The van der Waals surface area contributed by atoms with Crippen LogP contribution in [0.5, 0.6) is 0 Å². The summed E-state index contributed by atoms with van der Waals surface area (Å²) >= 11 is 0. The zero-order chi connectivity index (χ0) is 21.8. The molecule has 0 radical (unpaired) electrons. The number of aryl methyl sites for hydroxylation is 2. The van der Waals surface area contributed by atoms with Gasteiger partial charge in [-0.2, -0.15) is 5.26 Å². The standard InChI is InChI=1S/C25H27N5O/c1-3-25(31,4-2)24-18-29(28-27-24)15-14-19-10-11-20-12-13-22(17-26)30(23(20)16-19)21-8-6-5-7-9-21/h5-11,13,16,18,31H,3-4,12,14-15H2,1-2H3. The Morgan fingerprint density at radius 2 is 1.90 bits per heavy atom. The maximum absolute atomic E-state index is 10.7. The quantitative estimate of drug-likeness (QED) is 0.611. The van der Waals surface area contributed by atoms with Crippen molar-refractivity contribution in [3.8, 4) is 6.07 Å². The molecule has 1 aliphatic rings. The normalized spacial score (nSPS) is 13.5.